The van der Waals surface area contributed by atoms with Gasteiger partial charge in [0, 0.05) is 13.6 Å². The summed E-state index contributed by atoms with van der Waals surface area (Å²) >= 11 is 0. The first kappa shape index (κ1) is 20.3. The van der Waals surface area contributed by atoms with Gasteiger partial charge in [0.2, 0.25) is 5.91 Å². The zero-order chi connectivity index (χ0) is 19.8. The quantitative estimate of drug-likeness (QED) is 0.775. The first-order chi connectivity index (χ1) is 13.0. The molecular formula is C21H26N2O4. The maximum absolute atomic E-state index is 12.8. The average molecular weight is 370 g/mol. The lowest BCUT2D eigenvalue weighted by Crippen LogP contribution is -2.48. The molecule has 0 aliphatic carbocycles. The molecule has 6 nitrogen and oxygen atoms in total. The van der Waals surface area contributed by atoms with E-state index in [0.29, 0.717) is 18.0 Å². The summed E-state index contributed by atoms with van der Waals surface area (Å²) in [6, 6.07) is 14.4. The molecule has 6 heteroatoms. The van der Waals surface area contributed by atoms with E-state index < -0.39 is 6.04 Å². The minimum Gasteiger partial charge on any atom is -0.493 e. The second-order valence-corrected chi connectivity index (χ2v) is 6.24. The monoisotopic (exact) mass is 370 g/mol. The highest BCUT2D eigenvalue weighted by Crippen LogP contribution is 2.25. The molecule has 0 radical (unpaired) electrons. The molecule has 2 rings (SSSR count). The third-order valence-corrected chi connectivity index (χ3v) is 4.31. The van der Waals surface area contributed by atoms with Crippen molar-refractivity contribution < 1.29 is 19.1 Å². The van der Waals surface area contributed by atoms with Gasteiger partial charge in [0.1, 0.15) is 6.04 Å². The van der Waals surface area contributed by atoms with Crippen molar-refractivity contribution in [1.29, 1.82) is 0 Å². The second kappa shape index (κ2) is 9.62. The van der Waals surface area contributed by atoms with Gasteiger partial charge in [-0.25, -0.2) is 0 Å². The zero-order valence-electron chi connectivity index (χ0n) is 16.2. The van der Waals surface area contributed by atoms with Gasteiger partial charge in [-0.3, -0.25) is 9.59 Å². The number of hydrogen-bond acceptors (Lipinski definition) is 4. The summed E-state index contributed by atoms with van der Waals surface area (Å²) in [5.74, 6) is 0.524. The topological polar surface area (TPSA) is 67.9 Å². The predicted octanol–water partition coefficient (Wildman–Crippen LogP) is 2.55. The second-order valence-electron chi connectivity index (χ2n) is 6.24. The lowest BCUT2D eigenvalue weighted by atomic mass is 10.1. The van der Waals surface area contributed by atoms with Gasteiger partial charge in [0.15, 0.2) is 18.1 Å². The molecule has 1 unspecified atom stereocenters. The number of aryl methyl sites for hydroxylation is 1. The summed E-state index contributed by atoms with van der Waals surface area (Å²) in [4.78, 5) is 26.5. The number of carbonyl (C=O) groups excluding carboxylic acids is 2. The highest BCUT2D eigenvalue weighted by atomic mass is 16.5. The first-order valence-electron chi connectivity index (χ1n) is 8.78. The molecule has 0 heterocycles. The molecule has 1 atom stereocenters. The van der Waals surface area contributed by atoms with E-state index in [0.717, 1.165) is 11.1 Å². The SMILES string of the molecule is CNC(=O)C(C)N(Cc1ccc(C)cc1)C(=O)COc1ccccc1OC. The summed E-state index contributed by atoms with van der Waals surface area (Å²) in [6.45, 7) is 3.84. The van der Waals surface area contributed by atoms with Crippen LogP contribution in [0.4, 0.5) is 0 Å². The molecule has 1 N–H and O–H groups in total. The van der Waals surface area contributed by atoms with Crippen LogP contribution in [-0.4, -0.2) is 43.5 Å². The van der Waals surface area contributed by atoms with Crippen molar-refractivity contribution in [1.82, 2.24) is 10.2 Å². The molecule has 0 bridgehead atoms. The smallest absolute Gasteiger partial charge is 0.261 e. The van der Waals surface area contributed by atoms with Gasteiger partial charge in [0.05, 0.1) is 7.11 Å². The lowest BCUT2D eigenvalue weighted by molar-refractivity contribution is -0.142. The minimum atomic E-state index is -0.620. The molecule has 0 saturated carbocycles. The van der Waals surface area contributed by atoms with Gasteiger partial charge < -0.3 is 19.7 Å². The van der Waals surface area contributed by atoms with Crippen LogP contribution in [0, 0.1) is 6.92 Å². The van der Waals surface area contributed by atoms with Crippen LogP contribution in [0.15, 0.2) is 48.5 Å². The maximum Gasteiger partial charge on any atom is 0.261 e. The van der Waals surface area contributed by atoms with Gasteiger partial charge in [-0.1, -0.05) is 42.0 Å². The molecule has 2 amide bonds. The van der Waals surface area contributed by atoms with Gasteiger partial charge in [-0.05, 0) is 31.5 Å². The number of para-hydroxylation sites is 2. The van der Waals surface area contributed by atoms with Crippen molar-refractivity contribution in [3.63, 3.8) is 0 Å². The Morgan fingerprint density at radius 2 is 1.70 bits per heavy atom. The van der Waals surface area contributed by atoms with Crippen LogP contribution in [0.5, 0.6) is 11.5 Å². The Bertz CT molecular complexity index is 774. The summed E-state index contributed by atoms with van der Waals surface area (Å²) in [5.41, 5.74) is 2.08. The number of rotatable bonds is 8. The fraction of sp³-hybridized carbons (Fsp3) is 0.333. The molecular weight excluding hydrogens is 344 g/mol. The largest absolute Gasteiger partial charge is 0.493 e. The van der Waals surface area contributed by atoms with Crippen LogP contribution >= 0.6 is 0 Å². The Balaban J connectivity index is 2.14. The summed E-state index contributed by atoms with van der Waals surface area (Å²) in [7, 11) is 3.10. The number of ether oxygens (including phenoxy) is 2. The van der Waals surface area contributed by atoms with E-state index in [9.17, 15) is 9.59 Å². The molecule has 0 saturated heterocycles. The molecule has 0 aromatic heterocycles. The van der Waals surface area contributed by atoms with E-state index in [4.69, 9.17) is 9.47 Å². The Hall–Kier alpha value is -3.02. The zero-order valence-corrected chi connectivity index (χ0v) is 16.2. The molecule has 0 aliphatic heterocycles. The molecule has 2 aromatic carbocycles. The van der Waals surface area contributed by atoms with Crippen molar-refractivity contribution in [2.75, 3.05) is 20.8 Å². The van der Waals surface area contributed by atoms with Crippen molar-refractivity contribution in [2.45, 2.75) is 26.4 Å². The lowest BCUT2D eigenvalue weighted by Gasteiger charge is -2.28. The highest BCUT2D eigenvalue weighted by molar-refractivity contribution is 5.87. The van der Waals surface area contributed by atoms with Gasteiger partial charge in [-0.15, -0.1) is 0 Å². The van der Waals surface area contributed by atoms with E-state index in [1.165, 1.54) is 4.90 Å². The number of methoxy groups -OCH3 is 1. The van der Waals surface area contributed by atoms with Gasteiger partial charge in [-0.2, -0.15) is 0 Å². The van der Waals surface area contributed by atoms with Crippen LogP contribution in [0.1, 0.15) is 18.1 Å². The number of nitrogens with one attached hydrogen (secondary N) is 1. The normalized spacial score (nSPS) is 11.4. The number of nitrogens with zero attached hydrogens (tertiary/aromatic N) is 1. The summed E-state index contributed by atoms with van der Waals surface area (Å²) in [6.07, 6.45) is 0. The fourth-order valence-corrected chi connectivity index (χ4v) is 2.64. The Labute approximate surface area is 160 Å². The number of amides is 2. The van der Waals surface area contributed by atoms with Crippen LogP contribution in [0.2, 0.25) is 0 Å². The van der Waals surface area contributed by atoms with E-state index in [2.05, 4.69) is 5.32 Å². The van der Waals surface area contributed by atoms with Crippen molar-refractivity contribution in [2.24, 2.45) is 0 Å². The molecule has 0 fully saturated rings. The first-order valence-corrected chi connectivity index (χ1v) is 8.78. The highest BCUT2D eigenvalue weighted by Gasteiger charge is 2.26. The third kappa shape index (κ3) is 5.48. The van der Waals surface area contributed by atoms with Gasteiger partial charge in [0.25, 0.3) is 5.91 Å². The minimum absolute atomic E-state index is 0.187. The van der Waals surface area contributed by atoms with Crippen molar-refractivity contribution >= 4 is 11.8 Å². The van der Waals surface area contributed by atoms with Gasteiger partial charge >= 0.3 is 0 Å². The standard InChI is InChI=1S/C21H26N2O4/c1-15-9-11-17(12-10-15)13-23(16(2)21(25)22-3)20(24)14-27-19-8-6-5-7-18(19)26-4/h5-12,16H,13-14H2,1-4H3,(H,22,25). The van der Waals surface area contributed by atoms with E-state index in [-0.39, 0.29) is 18.4 Å². The third-order valence-electron chi connectivity index (χ3n) is 4.31. The predicted molar refractivity (Wildman–Crippen MR) is 104 cm³/mol. The number of hydrogen-bond donors (Lipinski definition) is 1. The molecule has 0 spiro atoms. The van der Waals surface area contributed by atoms with Crippen LogP contribution in [0.25, 0.3) is 0 Å². The Morgan fingerprint density at radius 1 is 1.07 bits per heavy atom. The Kier molecular flexibility index (Phi) is 7.23. The summed E-state index contributed by atoms with van der Waals surface area (Å²) < 4.78 is 10.9. The fourth-order valence-electron chi connectivity index (χ4n) is 2.64. The maximum atomic E-state index is 12.8. The van der Waals surface area contributed by atoms with Crippen LogP contribution in [0.3, 0.4) is 0 Å². The summed E-state index contributed by atoms with van der Waals surface area (Å²) in [5, 5.41) is 2.59. The Morgan fingerprint density at radius 3 is 2.30 bits per heavy atom. The molecule has 0 aliphatic rings. The molecule has 27 heavy (non-hydrogen) atoms. The van der Waals surface area contributed by atoms with Crippen LogP contribution < -0.4 is 14.8 Å². The van der Waals surface area contributed by atoms with E-state index in [1.807, 2.05) is 37.3 Å². The van der Waals surface area contributed by atoms with E-state index in [1.54, 1.807) is 39.3 Å². The number of carbonyl (C=O) groups is 2. The van der Waals surface area contributed by atoms with Crippen molar-refractivity contribution in [3.05, 3.63) is 59.7 Å². The van der Waals surface area contributed by atoms with Crippen molar-refractivity contribution in [3.8, 4) is 11.5 Å². The number of likely N-dealkylation sites (N-methyl/N-ethyl adjacent to an activating group) is 1. The van der Waals surface area contributed by atoms with Crippen LogP contribution in [-0.2, 0) is 16.1 Å². The average Bonchev–Trinajstić information content (AvgIpc) is 2.70. The molecule has 144 valence electrons. The van der Waals surface area contributed by atoms with E-state index >= 15 is 0 Å². The number of benzene rings is 2. The molecule has 2 aromatic rings.